The lowest BCUT2D eigenvalue weighted by atomic mass is 10.1. The highest BCUT2D eigenvalue weighted by Crippen LogP contribution is 2.46. The zero-order valence-electron chi connectivity index (χ0n) is 15.3. The van der Waals surface area contributed by atoms with Gasteiger partial charge in [0.2, 0.25) is 12.7 Å². The van der Waals surface area contributed by atoms with E-state index in [0.29, 0.717) is 0 Å². The molecule has 0 aromatic heterocycles. The molecule has 0 bridgehead atoms. The summed E-state index contributed by atoms with van der Waals surface area (Å²) in [6.45, 7) is 3.41. The number of alkyl halides is 6. The molecule has 4 atom stereocenters. The lowest BCUT2D eigenvalue weighted by Gasteiger charge is -2.37. The van der Waals surface area contributed by atoms with Gasteiger partial charge in [0.25, 0.3) is 0 Å². The molecule has 1 saturated carbocycles. The predicted molar refractivity (Wildman–Crippen MR) is 84.2 cm³/mol. The lowest BCUT2D eigenvalue weighted by Crippen LogP contribution is -2.60. The zero-order chi connectivity index (χ0) is 21.2. The number of allylic oxidation sites excluding steroid dienone is 2. The Kier molecular flexibility index (Phi) is 7.01. The van der Waals surface area contributed by atoms with Crippen molar-refractivity contribution in [3.05, 3.63) is 12.2 Å². The number of halogens is 6. The van der Waals surface area contributed by atoms with Crippen molar-refractivity contribution in [3.63, 3.8) is 0 Å². The Hall–Kier alpha value is -1.36. The molecule has 1 aliphatic heterocycles. The maximum Gasteiger partial charge on any atom is 0.405 e. The quantitative estimate of drug-likeness (QED) is 0.407. The standard InChI is InChI=1S/C16H21F6N3O3/c1-4-6-14(8-9-14)7-5-12-26-13(23-10(2)15(17,18)19)28-25(27-12)24-11(3)16(20,21)22/h4,6,10-13,23-24H,8-9H2,1-3H3/t10-,11-,12?,13?/m1/s1. The molecule has 2 aliphatic rings. The van der Waals surface area contributed by atoms with Crippen LogP contribution in [0.15, 0.2) is 12.2 Å². The fourth-order valence-electron chi connectivity index (χ4n) is 2.07. The third-order valence-electron chi connectivity index (χ3n) is 4.01. The number of hydrogen-bond acceptors (Lipinski definition) is 6. The minimum absolute atomic E-state index is 0.219. The summed E-state index contributed by atoms with van der Waals surface area (Å²) < 4.78 is 81.6. The molecule has 2 rings (SSSR count). The Bertz CT molecular complexity index is 594. The zero-order valence-corrected chi connectivity index (χ0v) is 15.3. The minimum Gasteiger partial charge on any atom is -0.295 e. The number of nitrogens with zero attached hydrogens (tertiary/aromatic N) is 1. The van der Waals surface area contributed by atoms with E-state index in [9.17, 15) is 26.3 Å². The van der Waals surface area contributed by atoms with Gasteiger partial charge in [-0.2, -0.15) is 31.8 Å². The molecule has 160 valence electrons. The van der Waals surface area contributed by atoms with E-state index in [1.807, 2.05) is 29.8 Å². The molecule has 2 unspecified atom stereocenters. The molecule has 2 fully saturated rings. The summed E-state index contributed by atoms with van der Waals surface area (Å²) in [4.78, 5) is 9.84. The van der Waals surface area contributed by atoms with Crippen molar-refractivity contribution in [1.82, 2.24) is 16.1 Å². The number of hydrazine groups is 1. The van der Waals surface area contributed by atoms with Crippen molar-refractivity contribution in [2.75, 3.05) is 0 Å². The molecule has 0 amide bonds. The van der Waals surface area contributed by atoms with Crippen LogP contribution in [0.25, 0.3) is 0 Å². The first-order valence-corrected chi connectivity index (χ1v) is 8.46. The first-order chi connectivity index (χ1) is 12.8. The Morgan fingerprint density at radius 2 is 1.68 bits per heavy atom. The SMILES string of the molecule is CC=CC1(C#CC2OC(N[C@H](C)C(F)(F)F)ON(N[C@H](C)C(F)(F)F)O2)CC1. The highest BCUT2D eigenvalue weighted by molar-refractivity contribution is 5.28. The summed E-state index contributed by atoms with van der Waals surface area (Å²) in [6, 6.07) is -4.15. The average Bonchev–Trinajstić information content (AvgIpc) is 3.31. The summed E-state index contributed by atoms with van der Waals surface area (Å²) >= 11 is 0. The van der Waals surface area contributed by atoms with Crippen LogP contribution in [0.1, 0.15) is 33.6 Å². The first-order valence-electron chi connectivity index (χ1n) is 8.46. The van der Waals surface area contributed by atoms with Crippen molar-refractivity contribution >= 4 is 0 Å². The van der Waals surface area contributed by atoms with Crippen LogP contribution in [0.5, 0.6) is 0 Å². The maximum atomic E-state index is 12.7. The number of hydrogen-bond donors (Lipinski definition) is 2. The highest BCUT2D eigenvalue weighted by atomic mass is 19.4. The number of rotatable bonds is 5. The molecular weight excluding hydrogens is 396 g/mol. The van der Waals surface area contributed by atoms with Crippen molar-refractivity contribution in [3.8, 4) is 11.8 Å². The van der Waals surface area contributed by atoms with Gasteiger partial charge in [-0.05, 0) is 39.5 Å². The smallest absolute Gasteiger partial charge is 0.295 e. The first kappa shape index (κ1) is 22.9. The van der Waals surface area contributed by atoms with E-state index in [0.717, 1.165) is 26.7 Å². The van der Waals surface area contributed by atoms with Crippen LogP contribution in [0, 0.1) is 17.3 Å². The van der Waals surface area contributed by atoms with Gasteiger partial charge in [-0.25, -0.2) is 9.68 Å². The topological polar surface area (TPSA) is 55.0 Å². The fraction of sp³-hybridized carbons (Fsp3) is 0.750. The van der Waals surface area contributed by atoms with Crippen molar-refractivity contribution in [2.45, 2.75) is 70.8 Å². The molecule has 12 heteroatoms. The Balaban J connectivity index is 2.10. The van der Waals surface area contributed by atoms with E-state index in [2.05, 4.69) is 11.8 Å². The third-order valence-corrected chi connectivity index (χ3v) is 4.01. The van der Waals surface area contributed by atoms with Gasteiger partial charge < -0.3 is 0 Å². The molecule has 6 nitrogen and oxygen atoms in total. The van der Waals surface area contributed by atoms with Crippen LogP contribution in [0.4, 0.5) is 26.3 Å². The molecule has 0 spiro atoms. The van der Waals surface area contributed by atoms with Crippen LogP contribution in [0.2, 0.25) is 0 Å². The molecule has 2 N–H and O–H groups in total. The van der Waals surface area contributed by atoms with Crippen LogP contribution < -0.4 is 10.7 Å². The van der Waals surface area contributed by atoms with Crippen LogP contribution in [0.3, 0.4) is 0 Å². The Morgan fingerprint density at radius 1 is 1.07 bits per heavy atom. The minimum atomic E-state index is -4.64. The largest absolute Gasteiger partial charge is 0.405 e. The summed E-state index contributed by atoms with van der Waals surface area (Å²) in [5, 5.41) is 2.19. The second kappa shape index (κ2) is 8.56. The molecule has 1 saturated heterocycles. The second-order valence-corrected chi connectivity index (χ2v) is 6.52. The van der Waals surface area contributed by atoms with Gasteiger partial charge in [0.15, 0.2) is 0 Å². The Morgan fingerprint density at radius 3 is 2.18 bits per heavy atom. The van der Waals surface area contributed by atoms with Gasteiger partial charge in [-0.1, -0.05) is 18.1 Å². The summed E-state index contributed by atoms with van der Waals surface area (Å²) in [7, 11) is 0. The number of nitrogens with one attached hydrogen (secondary N) is 2. The van der Waals surface area contributed by atoms with Gasteiger partial charge in [0, 0.05) is 10.8 Å². The normalized spacial score (nSPS) is 27.9. The predicted octanol–water partition coefficient (Wildman–Crippen LogP) is 3.15. The molecule has 1 heterocycles. The molecule has 1 aliphatic carbocycles. The molecule has 28 heavy (non-hydrogen) atoms. The van der Waals surface area contributed by atoms with Gasteiger partial charge >= 0.3 is 12.4 Å². The van der Waals surface area contributed by atoms with Crippen molar-refractivity contribution in [1.29, 1.82) is 0 Å². The average molecular weight is 417 g/mol. The second-order valence-electron chi connectivity index (χ2n) is 6.52. The van der Waals surface area contributed by atoms with Gasteiger partial charge in [0.1, 0.15) is 12.1 Å². The summed E-state index contributed by atoms with van der Waals surface area (Å²) in [6.07, 6.45) is -7.20. The molecule has 0 radical (unpaired) electrons. The van der Waals surface area contributed by atoms with E-state index >= 15 is 0 Å². The molecule has 0 aromatic carbocycles. The van der Waals surface area contributed by atoms with Crippen LogP contribution >= 0.6 is 0 Å². The van der Waals surface area contributed by atoms with Crippen molar-refractivity contribution < 1.29 is 40.8 Å². The Labute approximate surface area is 158 Å². The summed E-state index contributed by atoms with van der Waals surface area (Å²) in [5.41, 5.74) is 1.47. The van der Waals surface area contributed by atoms with E-state index in [1.54, 1.807) is 0 Å². The van der Waals surface area contributed by atoms with Crippen LogP contribution in [-0.4, -0.2) is 42.5 Å². The molecule has 0 aromatic rings. The van der Waals surface area contributed by atoms with Crippen LogP contribution in [-0.2, 0) is 14.4 Å². The van der Waals surface area contributed by atoms with E-state index < -0.39 is 37.1 Å². The van der Waals surface area contributed by atoms with E-state index in [-0.39, 0.29) is 10.8 Å². The fourth-order valence-corrected chi connectivity index (χ4v) is 2.07. The maximum absolute atomic E-state index is 12.7. The monoisotopic (exact) mass is 417 g/mol. The van der Waals surface area contributed by atoms with E-state index in [1.165, 1.54) is 0 Å². The van der Waals surface area contributed by atoms with Gasteiger partial charge in [-0.15, -0.1) is 0 Å². The number of ether oxygens (including phenoxy) is 1. The van der Waals surface area contributed by atoms with Crippen molar-refractivity contribution in [2.24, 2.45) is 5.41 Å². The summed E-state index contributed by atoms with van der Waals surface area (Å²) in [5.74, 6) is 5.46. The highest BCUT2D eigenvalue weighted by Gasteiger charge is 2.43. The lowest BCUT2D eigenvalue weighted by molar-refractivity contribution is -0.537. The van der Waals surface area contributed by atoms with E-state index in [4.69, 9.17) is 14.4 Å². The van der Waals surface area contributed by atoms with Gasteiger partial charge in [-0.3, -0.25) is 10.1 Å². The third kappa shape index (κ3) is 6.61. The molecular formula is C16H21F6N3O3. The van der Waals surface area contributed by atoms with Gasteiger partial charge in [0.05, 0.1) is 0 Å².